The van der Waals surface area contributed by atoms with Gasteiger partial charge in [-0.15, -0.1) is 0 Å². The van der Waals surface area contributed by atoms with E-state index in [1.54, 1.807) is 32.3 Å². The van der Waals surface area contributed by atoms with E-state index in [-0.39, 0.29) is 5.91 Å². The van der Waals surface area contributed by atoms with Gasteiger partial charge in [-0.2, -0.15) is 0 Å². The molecule has 0 heterocycles. The van der Waals surface area contributed by atoms with Crippen molar-refractivity contribution in [1.29, 1.82) is 0 Å². The summed E-state index contributed by atoms with van der Waals surface area (Å²) in [6.07, 6.45) is 0. The van der Waals surface area contributed by atoms with Crippen LogP contribution in [0.3, 0.4) is 0 Å². The molecular formula is C16H17BrN2O2. The summed E-state index contributed by atoms with van der Waals surface area (Å²) < 4.78 is 6.73. The molecule has 5 heteroatoms. The van der Waals surface area contributed by atoms with Crippen molar-refractivity contribution in [3.05, 3.63) is 58.1 Å². The molecule has 0 aromatic heterocycles. The maximum absolute atomic E-state index is 12.0. The van der Waals surface area contributed by atoms with E-state index in [0.717, 1.165) is 10.0 Å². The van der Waals surface area contributed by atoms with Crippen LogP contribution in [-0.4, -0.2) is 24.9 Å². The molecule has 110 valence electrons. The van der Waals surface area contributed by atoms with Crippen molar-refractivity contribution < 1.29 is 9.53 Å². The molecular weight excluding hydrogens is 332 g/mol. The predicted molar refractivity (Wildman–Crippen MR) is 87.3 cm³/mol. The standard InChI is InChI=1S/C16H17BrN2O2/c1-19(2)16(20)12-6-7-14(18)15(9-12)21-10-11-4-3-5-13(17)8-11/h3-9H,10,18H2,1-2H3. The van der Waals surface area contributed by atoms with E-state index in [9.17, 15) is 4.79 Å². The van der Waals surface area contributed by atoms with Crippen molar-refractivity contribution in [3.8, 4) is 5.75 Å². The number of halogens is 1. The fourth-order valence-electron chi connectivity index (χ4n) is 1.84. The van der Waals surface area contributed by atoms with Crippen molar-refractivity contribution in [2.45, 2.75) is 6.61 Å². The van der Waals surface area contributed by atoms with Crippen LogP contribution in [-0.2, 0) is 6.61 Å². The molecule has 0 saturated carbocycles. The van der Waals surface area contributed by atoms with Crippen LogP contribution in [0.15, 0.2) is 46.9 Å². The molecule has 0 fully saturated rings. The van der Waals surface area contributed by atoms with Crippen molar-refractivity contribution >= 4 is 27.5 Å². The molecule has 2 aromatic carbocycles. The Hall–Kier alpha value is -2.01. The third-order valence-corrected chi connectivity index (χ3v) is 3.44. The molecule has 0 aliphatic carbocycles. The Bertz CT molecular complexity index is 656. The van der Waals surface area contributed by atoms with Gasteiger partial charge in [-0.25, -0.2) is 0 Å². The Labute approximate surface area is 132 Å². The number of nitrogen functional groups attached to an aromatic ring is 1. The number of rotatable bonds is 4. The minimum atomic E-state index is -0.0812. The van der Waals surface area contributed by atoms with E-state index in [0.29, 0.717) is 23.6 Å². The molecule has 21 heavy (non-hydrogen) atoms. The van der Waals surface area contributed by atoms with Gasteiger partial charge in [0.05, 0.1) is 5.69 Å². The lowest BCUT2D eigenvalue weighted by Crippen LogP contribution is -2.21. The lowest BCUT2D eigenvalue weighted by atomic mass is 10.1. The van der Waals surface area contributed by atoms with Crippen LogP contribution >= 0.6 is 15.9 Å². The van der Waals surface area contributed by atoms with Crippen molar-refractivity contribution in [2.75, 3.05) is 19.8 Å². The summed E-state index contributed by atoms with van der Waals surface area (Å²) in [5.74, 6) is 0.435. The summed E-state index contributed by atoms with van der Waals surface area (Å²) in [6.45, 7) is 0.392. The van der Waals surface area contributed by atoms with Gasteiger partial charge in [-0.1, -0.05) is 28.1 Å². The van der Waals surface area contributed by atoms with E-state index < -0.39 is 0 Å². The van der Waals surface area contributed by atoms with Crippen molar-refractivity contribution in [1.82, 2.24) is 4.90 Å². The van der Waals surface area contributed by atoms with E-state index >= 15 is 0 Å². The molecule has 0 spiro atoms. The number of nitrogens with zero attached hydrogens (tertiary/aromatic N) is 1. The molecule has 0 bridgehead atoms. The van der Waals surface area contributed by atoms with E-state index in [1.807, 2.05) is 24.3 Å². The summed E-state index contributed by atoms with van der Waals surface area (Å²) in [7, 11) is 3.42. The van der Waals surface area contributed by atoms with Crippen LogP contribution in [0.5, 0.6) is 5.75 Å². The van der Waals surface area contributed by atoms with Crippen LogP contribution in [0.4, 0.5) is 5.69 Å². The zero-order chi connectivity index (χ0) is 15.4. The number of anilines is 1. The van der Waals surface area contributed by atoms with Crippen LogP contribution < -0.4 is 10.5 Å². The fraction of sp³-hybridized carbons (Fsp3) is 0.188. The second-order valence-corrected chi connectivity index (χ2v) is 5.79. The first-order chi connectivity index (χ1) is 9.97. The second-order valence-electron chi connectivity index (χ2n) is 4.87. The van der Waals surface area contributed by atoms with Gasteiger partial charge in [0.2, 0.25) is 0 Å². The largest absolute Gasteiger partial charge is 0.487 e. The van der Waals surface area contributed by atoms with E-state index in [4.69, 9.17) is 10.5 Å². The lowest BCUT2D eigenvalue weighted by Gasteiger charge is -2.13. The number of nitrogens with two attached hydrogens (primary N) is 1. The Balaban J connectivity index is 2.16. The predicted octanol–water partition coefficient (Wildman–Crippen LogP) is 3.31. The number of hydrogen-bond donors (Lipinski definition) is 1. The summed E-state index contributed by atoms with van der Waals surface area (Å²) in [6, 6.07) is 12.9. The number of carbonyl (C=O) groups excluding carboxylic acids is 1. The number of amides is 1. The Kier molecular flexibility index (Phi) is 4.85. The molecule has 2 N–H and O–H groups in total. The Morgan fingerprint density at radius 3 is 2.67 bits per heavy atom. The molecule has 0 radical (unpaired) electrons. The van der Waals surface area contributed by atoms with Gasteiger partial charge in [-0.3, -0.25) is 4.79 Å². The average molecular weight is 349 g/mol. The first kappa shape index (κ1) is 15.4. The first-order valence-electron chi connectivity index (χ1n) is 6.46. The summed E-state index contributed by atoms with van der Waals surface area (Å²) in [5.41, 5.74) is 7.99. The maximum atomic E-state index is 12.0. The third-order valence-electron chi connectivity index (χ3n) is 2.95. The Morgan fingerprint density at radius 1 is 1.24 bits per heavy atom. The lowest BCUT2D eigenvalue weighted by molar-refractivity contribution is 0.0827. The van der Waals surface area contributed by atoms with Gasteiger partial charge >= 0.3 is 0 Å². The normalized spacial score (nSPS) is 10.2. The van der Waals surface area contributed by atoms with Crippen LogP contribution in [0, 0.1) is 0 Å². The molecule has 0 atom stereocenters. The number of benzene rings is 2. The monoisotopic (exact) mass is 348 g/mol. The summed E-state index contributed by atoms with van der Waals surface area (Å²) in [4.78, 5) is 13.5. The Morgan fingerprint density at radius 2 is 2.00 bits per heavy atom. The smallest absolute Gasteiger partial charge is 0.253 e. The summed E-state index contributed by atoms with van der Waals surface area (Å²) in [5, 5.41) is 0. The number of ether oxygens (including phenoxy) is 1. The first-order valence-corrected chi connectivity index (χ1v) is 7.25. The highest BCUT2D eigenvalue weighted by molar-refractivity contribution is 9.10. The minimum absolute atomic E-state index is 0.0812. The molecule has 4 nitrogen and oxygen atoms in total. The molecule has 2 rings (SSSR count). The van der Waals surface area contributed by atoms with Crippen molar-refractivity contribution in [2.24, 2.45) is 0 Å². The highest BCUT2D eigenvalue weighted by Gasteiger charge is 2.11. The van der Waals surface area contributed by atoms with Crippen LogP contribution in [0.2, 0.25) is 0 Å². The van der Waals surface area contributed by atoms with Crippen LogP contribution in [0.25, 0.3) is 0 Å². The van der Waals surface area contributed by atoms with Gasteiger partial charge < -0.3 is 15.4 Å². The number of carbonyl (C=O) groups is 1. The zero-order valence-electron chi connectivity index (χ0n) is 12.0. The molecule has 1 amide bonds. The minimum Gasteiger partial charge on any atom is -0.487 e. The quantitative estimate of drug-likeness (QED) is 0.862. The average Bonchev–Trinajstić information content (AvgIpc) is 2.45. The molecule has 2 aromatic rings. The fourth-order valence-corrected chi connectivity index (χ4v) is 2.29. The second kappa shape index (κ2) is 6.63. The van der Waals surface area contributed by atoms with Crippen molar-refractivity contribution in [3.63, 3.8) is 0 Å². The SMILES string of the molecule is CN(C)C(=O)c1ccc(N)c(OCc2cccc(Br)c2)c1. The van der Waals surface area contributed by atoms with Gasteiger partial charge in [-0.05, 0) is 35.9 Å². The molecule has 0 unspecified atom stereocenters. The molecule has 0 saturated heterocycles. The van der Waals surface area contributed by atoms with Gasteiger partial charge in [0.15, 0.2) is 0 Å². The highest BCUT2D eigenvalue weighted by atomic mass is 79.9. The number of hydrogen-bond acceptors (Lipinski definition) is 3. The van der Waals surface area contributed by atoms with Gasteiger partial charge in [0.25, 0.3) is 5.91 Å². The van der Waals surface area contributed by atoms with Gasteiger partial charge in [0, 0.05) is 24.1 Å². The highest BCUT2D eigenvalue weighted by Crippen LogP contribution is 2.24. The maximum Gasteiger partial charge on any atom is 0.253 e. The van der Waals surface area contributed by atoms with E-state index in [2.05, 4.69) is 15.9 Å². The third kappa shape index (κ3) is 3.98. The zero-order valence-corrected chi connectivity index (χ0v) is 13.6. The van der Waals surface area contributed by atoms with Crippen LogP contribution in [0.1, 0.15) is 15.9 Å². The van der Waals surface area contributed by atoms with E-state index in [1.165, 1.54) is 4.90 Å². The molecule has 0 aliphatic heterocycles. The summed E-state index contributed by atoms with van der Waals surface area (Å²) >= 11 is 3.42. The van der Waals surface area contributed by atoms with Gasteiger partial charge in [0.1, 0.15) is 12.4 Å². The topological polar surface area (TPSA) is 55.6 Å². The molecule has 0 aliphatic rings.